The van der Waals surface area contributed by atoms with Crippen LogP contribution in [0.5, 0.6) is 0 Å². The first-order valence-electron chi connectivity index (χ1n) is 11.8. The number of amides is 2. The Kier molecular flexibility index (Phi) is 6.72. The molecular formula is C25H33FN4O3. The van der Waals surface area contributed by atoms with Crippen LogP contribution >= 0.6 is 0 Å². The Balaban J connectivity index is 1.57. The van der Waals surface area contributed by atoms with E-state index in [0.717, 1.165) is 31.4 Å². The number of likely N-dealkylation sites (tertiary alicyclic amines) is 1. The molecule has 7 nitrogen and oxygen atoms in total. The number of piperidine rings is 1. The summed E-state index contributed by atoms with van der Waals surface area (Å²) >= 11 is 0. The second-order valence-corrected chi connectivity index (χ2v) is 10.0. The average Bonchev–Trinajstić information content (AvgIpc) is 3.43. The lowest BCUT2D eigenvalue weighted by Crippen LogP contribution is -2.42. The van der Waals surface area contributed by atoms with Gasteiger partial charge in [-0.3, -0.25) is 4.79 Å². The van der Waals surface area contributed by atoms with Crippen LogP contribution in [0.4, 0.5) is 9.18 Å². The lowest BCUT2D eigenvalue weighted by atomic mass is 9.90. The zero-order valence-corrected chi connectivity index (χ0v) is 19.6. The van der Waals surface area contributed by atoms with Crippen LogP contribution in [0, 0.1) is 5.82 Å². The Morgan fingerprint density at radius 1 is 1.06 bits per heavy atom. The Bertz CT molecular complexity index is 982. The summed E-state index contributed by atoms with van der Waals surface area (Å²) in [6.07, 6.45) is 6.95. The molecule has 1 aliphatic heterocycles. The molecule has 1 aliphatic carbocycles. The van der Waals surface area contributed by atoms with Crippen molar-refractivity contribution in [1.29, 1.82) is 0 Å². The van der Waals surface area contributed by atoms with E-state index in [1.54, 1.807) is 27.9 Å². The number of ether oxygens (including phenoxy) is 1. The fraction of sp³-hybridized carbons (Fsp3) is 0.560. The molecular weight excluding hydrogens is 423 g/mol. The summed E-state index contributed by atoms with van der Waals surface area (Å²) in [6.45, 7) is 6.64. The van der Waals surface area contributed by atoms with Gasteiger partial charge >= 0.3 is 6.09 Å². The first kappa shape index (κ1) is 23.3. The number of nitrogens with one attached hydrogen (secondary N) is 1. The normalized spacial score (nSPS) is 17.9. The van der Waals surface area contributed by atoms with Gasteiger partial charge in [-0.15, -0.1) is 0 Å². The molecule has 0 bridgehead atoms. The molecule has 0 radical (unpaired) electrons. The Morgan fingerprint density at radius 2 is 1.70 bits per heavy atom. The fourth-order valence-electron chi connectivity index (χ4n) is 4.71. The van der Waals surface area contributed by atoms with Gasteiger partial charge < -0.3 is 15.0 Å². The predicted octanol–water partition coefficient (Wildman–Crippen LogP) is 4.80. The quantitative estimate of drug-likeness (QED) is 0.717. The highest BCUT2D eigenvalue weighted by Gasteiger charge is 2.32. The minimum absolute atomic E-state index is 0.0422. The van der Waals surface area contributed by atoms with Gasteiger partial charge in [-0.2, -0.15) is 5.10 Å². The summed E-state index contributed by atoms with van der Waals surface area (Å²) in [7, 11) is 0. The third-order valence-corrected chi connectivity index (χ3v) is 6.35. The highest BCUT2D eigenvalue weighted by atomic mass is 19.1. The molecule has 4 rings (SSSR count). The lowest BCUT2D eigenvalue weighted by molar-refractivity contribution is 0.0203. The smallest absolute Gasteiger partial charge is 0.410 e. The fourth-order valence-corrected chi connectivity index (χ4v) is 4.71. The van der Waals surface area contributed by atoms with Crippen LogP contribution in [0.15, 0.2) is 30.5 Å². The molecule has 2 aliphatic rings. The number of halogens is 1. The van der Waals surface area contributed by atoms with Gasteiger partial charge in [0.05, 0.1) is 23.1 Å². The molecule has 8 heteroatoms. The summed E-state index contributed by atoms with van der Waals surface area (Å²) < 4.78 is 20.8. The van der Waals surface area contributed by atoms with Crippen LogP contribution in [0.25, 0.3) is 5.69 Å². The van der Waals surface area contributed by atoms with Crippen molar-refractivity contribution in [2.24, 2.45) is 0 Å². The SMILES string of the molecule is CC(C)(C)OC(=O)N1CCC(c2c(C(=O)NC3CCCC3)cnn2-c2ccc(F)cc2)CC1. The first-order chi connectivity index (χ1) is 15.7. The number of carbonyl (C=O) groups excluding carboxylic acids is 2. The molecule has 0 spiro atoms. The van der Waals surface area contributed by atoms with Crippen LogP contribution in [0.3, 0.4) is 0 Å². The van der Waals surface area contributed by atoms with E-state index in [1.165, 1.54) is 12.1 Å². The van der Waals surface area contributed by atoms with Crippen LogP contribution < -0.4 is 5.32 Å². The van der Waals surface area contributed by atoms with E-state index in [1.807, 2.05) is 20.8 Å². The average molecular weight is 457 g/mol. The van der Waals surface area contributed by atoms with E-state index in [2.05, 4.69) is 10.4 Å². The number of hydrogen-bond donors (Lipinski definition) is 1. The van der Waals surface area contributed by atoms with Crippen LogP contribution in [-0.4, -0.2) is 51.4 Å². The molecule has 2 amide bonds. The van der Waals surface area contributed by atoms with Crippen molar-refractivity contribution in [2.45, 2.75) is 76.9 Å². The molecule has 1 aromatic carbocycles. The van der Waals surface area contributed by atoms with E-state index in [4.69, 9.17) is 4.74 Å². The zero-order valence-electron chi connectivity index (χ0n) is 19.6. The van der Waals surface area contributed by atoms with Crippen molar-refractivity contribution in [2.75, 3.05) is 13.1 Å². The number of rotatable bonds is 4. The summed E-state index contributed by atoms with van der Waals surface area (Å²) in [5.41, 5.74) is 1.55. The second-order valence-electron chi connectivity index (χ2n) is 10.0. The number of benzene rings is 1. The van der Waals surface area contributed by atoms with Gasteiger partial charge in [0.15, 0.2) is 0 Å². The van der Waals surface area contributed by atoms with Crippen molar-refractivity contribution in [3.8, 4) is 5.69 Å². The highest BCUT2D eigenvalue weighted by Crippen LogP contribution is 2.33. The predicted molar refractivity (Wildman–Crippen MR) is 123 cm³/mol. The molecule has 1 saturated heterocycles. The molecule has 33 heavy (non-hydrogen) atoms. The van der Waals surface area contributed by atoms with Crippen LogP contribution in [0.2, 0.25) is 0 Å². The number of nitrogens with zero attached hydrogens (tertiary/aromatic N) is 3. The standard InChI is InChI=1S/C25H33FN4O3/c1-25(2,3)33-24(32)29-14-12-17(13-15-29)22-21(23(31)28-19-6-4-5-7-19)16-27-30(22)20-10-8-18(26)9-11-20/h8-11,16-17,19H,4-7,12-15H2,1-3H3,(H,28,31). The molecule has 0 atom stereocenters. The third kappa shape index (κ3) is 5.54. The Morgan fingerprint density at radius 3 is 2.30 bits per heavy atom. The monoisotopic (exact) mass is 456 g/mol. The van der Waals surface area contributed by atoms with E-state index < -0.39 is 5.60 Å². The van der Waals surface area contributed by atoms with Gasteiger partial charge in [-0.05, 0) is 70.7 Å². The van der Waals surface area contributed by atoms with Crippen molar-refractivity contribution < 1.29 is 18.7 Å². The summed E-state index contributed by atoms with van der Waals surface area (Å²) in [5, 5.41) is 7.68. The van der Waals surface area contributed by atoms with E-state index in [9.17, 15) is 14.0 Å². The molecule has 1 saturated carbocycles. The topological polar surface area (TPSA) is 76.5 Å². The van der Waals surface area contributed by atoms with Crippen LogP contribution in [0.1, 0.15) is 81.3 Å². The molecule has 2 heterocycles. The van der Waals surface area contributed by atoms with E-state index in [0.29, 0.717) is 37.2 Å². The van der Waals surface area contributed by atoms with Gasteiger partial charge in [-0.25, -0.2) is 13.9 Å². The maximum atomic E-state index is 13.5. The minimum Gasteiger partial charge on any atom is -0.444 e. The molecule has 1 N–H and O–H groups in total. The van der Waals surface area contributed by atoms with Gasteiger partial charge in [0.25, 0.3) is 5.91 Å². The molecule has 0 unspecified atom stereocenters. The van der Waals surface area contributed by atoms with Gasteiger partial charge in [-0.1, -0.05) is 12.8 Å². The highest BCUT2D eigenvalue weighted by molar-refractivity contribution is 5.95. The maximum absolute atomic E-state index is 13.5. The lowest BCUT2D eigenvalue weighted by Gasteiger charge is -2.34. The minimum atomic E-state index is -0.541. The third-order valence-electron chi connectivity index (χ3n) is 6.35. The summed E-state index contributed by atoms with van der Waals surface area (Å²) in [4.78, 5) is 27.4. The van der Waals surface area contributed by atoms with E-state index in [-0.39, 0.29) is 29.8 Å². The van der Waals surface area contributed by atoms with E-state index >= 15 is 0 Å². The van der Waals surface area contributed by atoms with Crippen molar-refractivity contribution in [3.63, 3.8) is 0 Å². The number of aromatic nitrogens is 2. The maximum Gasteiger partial charge on any atom is 0.410 e. The molecule has 2 fully saturated rings. The number of carbonyl (C=O) groups is 2. The van der Waals surface area contributed by atoms with Crippen molar-refractivity contribution in [1.82, 2.24) is 20.0 Å². The summed E-state index contributed by atoms with van der Waals surface area (Å²) in [5.74, 6) is -0.391. The summed E-state index contributed by atoms with van der Waals surface area (Å²) in [6, 6.07) is 6.32. The van der Waals surface area contributed by atoms with Crippen LogP contribution in [-0.2, 0) is 4.74 Å². The van der Waals surface area contributed by atoms with Crippen molar-refractivity contribution in [3.05, 3.63) is 47.5 Å². The van der Waals surface area contributed by atoms with Gasteiger partial charge in [0.2, 0.25) is 0 Å². The largest absolute Gasteiger partial charge is 0.444 e. The van der Waals surface area contributed by atoms with Gasteiger partial charge in [0.1, 0.15) is 11.4 Å². The van der Waals surface area contributed by atoms with Crippen molar-refractivity contribution >= 4 is 12.0 Å². The molecule has 178 valence electrons. The molecule has 1 aromatic heterocycles. The Labute approximate surface area is 194 Å². The Hall–Kier alpha value is -2.90. The molecule has 2 aromatic rings. The number of hydrogen-bond acceptors (Lipinski definition) is 4. The first-order valence-corrected chi connectivity index (χ1v) is 11.8. The van der Waals surface area contributed by atoms with Gasteiger partial charge in [0, 0.05) is 25.0 Å². The second kappa shape index (κ2) is 9.53. The zero-order chi connectivity index (χ0) is 23.6.